The standard InChI is InChI=1S/C18H22N2S/c19-14-9-6-10-15-16(14)21-17(20-15)18(11-4-5-12-18)13-7-2-1-3-8-13/h1-3,7-8,14H,4-6,9-12,19H2. The third kappa shape index (κ3) is 2.14. The van der Waals surface area contributed by atoms with Crippen LogP contribution in [0.4, 0.5) is 0 Å². The second-order valence-corrected chi connectivity index (χ2v) is 7.51. The van der Waals surface area contributed by atoms with E-state index in [2.05, 4.69) is 30.3 Å². The highest BCUT2D eigenvalue weighted by Crippen LogP contribution is 2.49. The second-order valence-electron chi connectivity index (χ2n) is 6.48. The average Bonchev–Trinajstić information content (AvgIpc) is 3.16. The van der Waals surface area contributed by atoms with Gasteiger partial charge in [0.15, 0.2) is 0 Å². The number of hydrogen-bond acceptors (Lipinski definition) is 3. The maximum atomic E-state index is 6.31. The van der Waals surface area contributed by atoms with E-state index in [1.165, 1.54) is 53.2 Å². The quantitative estimate of drug-likeness (QED) is 0.895. The smallest absolute Gasteiger partial charge is 0.104 e. The van der Waals surface area contributed by atoms with Gasteiger partial charge in [-0.2, -0.15) is 0 Å². The zero-order chi connectivity index (χ0) is 14.3. The number of rotatable bonds is 2. The molecule has 2 aliphatic rings. The van der Waals surface area contributed by atoms with E-state index in [4.69, 9.17) is 10.7 Å². The molecule has 0 amide bonds. The lowest BCUT2D eigenvalue weighted by Crippen LogP contribution is -2.23. The van der Waals surface area contributed by atoms with Crippen molar-refractivity contribution in [2.45, 2.75) is 56.4 Å². The zero-order valence-electron chi connectivity index (χ0n) is 12.3. The molecule has 1 aromatic carbocycles. The normalized spacial score (nSPS) is 24.0. The van der Waals surface area contributed by atoms with Crippen molar-refractivity contribution in [2.24, 2.45) is 5.73 Å². The highest BCUT2D eigenvalue weighted by atomic mass is 32.1. The Kier molecular flexibility index (Phi) is 3.35. The van der Waals surface area contributed by atoms with Crippen LogP contribution in [0.1, 0.15) is 65.7 Å². The van der Waals surface area contributed by atoms with Crippen LogP contribution in [0.3, 0.4) is 0 Å². The second kappa shape index (κ2) is 5.22. The van der Waals surface area contributed by atoms with Crippen LogP contribution < -0.4 is 5.73 Å². The van der Waals surface area contributed by atoms with Gasteiger partial charge in [-0.05, 0) is 37.7 Å². The first-order chi connectivity index (χ1) is 10.3. The SMILES string of the molecule is NC1CCCc2nc(C3(c4ccccc4)CCCC3)sc21. The Morgan fingerprint density at radius 1 is 1.10 bits per heavy atom. The van der Waals surface area contributed by atoms with Crippen LogP contribution in [0.2, 0.25) is 0 Å². The van der Waals surface area contributed by atoms with Gasteiger partial charge < -0.3 is 5.73 Å². The zero-order valence-corrected chi connectivity index (χ0v) is 13.2. The Morgan fingerprint density at radius 3 is 2.57 bits per heavy atom. The van der Waals surface area contributed by atoms with Gasteiger partial charge in [-0.1, -0.05) is 43.2 Å². The molecule has 21 heavy (non-hydrogen) atoms. The van der Waals surface area contributed by atoms with Crippen molar-refractivity contribution >= 4 is 11.3 Å². The Bertz CT molecular complexity index is 626. The van der Waals surface area contributed by atoms with Crippen LogP contribution in [0.25, 0.3) is 0 Å². The van der Waals surface area contributed by atoms with Crippen LogP contribution in [0.15, 0.2) is 30.3 Å². The first-order valence-electron chi connectivity index (χ1n) is 8.11. The molecular formula is C18H22N2S. The Balaban J connectivity index is 1.82. The summed E-state index contributed by atoms with van der Waals surface area (Å²) in [5, 5.41) is 1.33. The van der Waals surface area contributed by atoms with Crippen molar-refractivity contribution < 1.29 is 0 Å². The van der Waals surface area contributed by atoms with Crippen molar-refractivity contribution in [3.63, 3.8) is 0 Å². The molecule has 1 unspecified atom stereocenters. The predicted octanol–water partition coefficient (Wildman–Crippen LogP) is 4.34. The molecule has 2 nitrogen and oxygen atoms in total. The van der Waals surface area contributed by atoms with E-state index in [-0.39, 0.29) is 11.5 Å². The monoisotopic (exact) mass is 298 g/mol. The molecule has 1 atom stereocenters. The van der Waals surface area contributed by atoms with E-state index in [1.54, 1.807) is 0 Å². The van der Waals surface area contributed by atoms with E-state index >= 15 is 0 Å². The third-order valence-corrected chi connectivity index (χ3v) is 6.62. The first-order valence-corrected chi connectivity index (χ1v) is 8.92. The Hall–Kier alpha value is -1.19. The average molecular weight is 298 g/mol. The fourth-order valence-corrected chi connectivity index (χ4v) is 5.44. The van der Waals surface area contributed by atoms with Gasteiger partial charge in [0, 0.05) is 16.3 Å². The van der Waals surface area contributed by atoms with Crippen molar-refractivity contribution in [1.29, 1.82) is 0 Å². The van der Waals surface area contributed by atoms with Gasteiger partial charge in [0.1, 0.15) is 5.01 Å². The predicted molar refractivity (Wildman–Crippen MR) is 87.7 cm³/mol. The summed E-state index contributed by atoms with van der Waals surface area (Å²) in [5.74, 6) is 0. The number of nitrogens with zero attached hydrogens (tertiary/aromatic N) is 1. The van der Waals surface area contributed by atoms with Crippen LogP contribution in [-0.2, 0) is 11.8 Å². The largest absolute Gasteiger partial charge is 0.323 e. The summed E-state index contributed by atoms with van der Waals surface area (Å²) in [6.07, 6.45) is 8.51. The van der Waals surface area contributed by atoms with Crippen LogP contribution in [0, 0.1) is 0 Å². The molecule has 1 saturated carbocycles. The fourth-order valence-electron chi connectivity index (χ4n) is 4.02. The maximum absolute atomic E-state index is 6.31. The highest BCUT2D eigenvalue weighted by molar-refractivity contribution is 7.12. The van der Waals surface area contributed by atoms with Crippen LogP contribution >= 0.6 is 11.3 Å². The molecule has 110 valence electrons. The summed E-state index contributed by atoms with van der Waals surface area (Å²) in [4.78, 5) is 6.43. The molecule has 1 heterocycles. The van der Waals surface area contributed by atoms with Gasteiger partial charge in [0.05, 0.1) is 5.69 Å². The fraction of sp³-hybridized carbons (Fsp3) is 0.500. The minimum Gasteiger partial charge on any atom is -0.323 e. The van der Waals surface area contributed by atoms with Crippen molar-refractivity contribution in [3.05, 3.63) is 51.5 Å². The molecule has 4 rings (SSSR count). The number of aromatic nitrogens is 1. The van der Waals surface area contributed by atoms with E-state index in [0.29, 0.717) is 0 Å². The lowest BCUT2D eigenvalue weighted by Gasteiger charge is -2.27. The number of thiazole rings is 1. The topological polar surface area (TPSA) is 38.9 Å². The molecule has 2 N–H and O–H groups in total. The number of aryl methyl sites for hydroxylation is 1. The number of nitrogens with two attached hydrogens (primary N) is 1. The summed E-state index contributed by atoms with van der Waals surface area (Å²) in [5.41, 5.74) is 9.20. The van der Waals surface area contributed by atoms with Crippen LogP contribution in [-0.4, -0.2) is 4.98 Å². The molecule has 0 saturated heterocycles. The molecule has 2 aromatic rings. The molecule has 0 bridgehead atoms. The van der Waals surface area contributed by atoms with Crippen molar-refractivity contribution in [1.82, 2.24) is 4.98 Å². The lowest BCUT2D eigenvalue weighted by molar-refractivity contribution is 0.526. The van der Waals surface area contributed by atoms with Gasteiger partial charge in [-0.15, -0.1) is 11.3 Å². The Morgan fingerprint density at radius 2 is 1.86 bits per heavy atom. The maximum Gasteiger partial charge on any atom is 0.104 e. The minimum absolute atomic E-state index is 0.156. The number of benzene rings is 1. The van der Waals surface area contributed by atoms with E-state index in [9.17, 15) is 0 Å². The molecule has 0 aliphatic heterocycles. The van der Waals surface area contributed by atoms with E-state index < -0.39 is 0 Å². The minimum atomic E-state index is 0.156. The van der Waals surface area contributed by atoms with Gasteiger partial charge in [-0.3, -0.25) is 0 Å². The summed E-state index contributed by atoms with van der Waals surface area (Å²) in [6, 6.07) is 11.2. The molecule has 3 heteroatoms. The number of fused-ring (bicyclic) bond motifs is 1. The third-order valence-electron chi connectivity index (χ3n) is 5.19. The van der Waals surface area contributed by atoms with E-state index in [1.807, 2.05) is 11.3 Å². The summed E-state index contributed by atoms with van der Waals surface area (Å²) >= 11 is 1.90. The first kappa shape index (κ1) is 13.5. The molecule has 0 radical (unpaired) electrons. The molecule has 0 spiro atoms. The molecule has 1 aromatic heterocycles. The van der Waals surface area contributed by atoms with Crippen molar-refractivity contribution in [2.75, 3.05) is 0 Å². The van der Waals surface area contributed by atoms with Crippen LogP contribution in [0.5, 0.6) is 0 Å². The summed E-state index contributed by atoms with van der Waals surface area (Å²) in [7, 11) is 0. The van der Waals surface area contributed by atoms with Crippen molar-refractivity contribution in [3.8, 4) is 0 Å². The molecular weight excluding hydrogens is 276 g/mol. The number of hydrogen-bond donors (Lipinski definition) is 1. The molecule has 1 fully saturated rings. The Labute approximate surface area is 130 Å². The van der Waals surface area contributed by atoms with Gasteiger partial charge in [-0.25, -0.2) is 4.98 Å². The van der Waals surface area contributed by atoms with Gasteiger partial charge >= 0.3 is 0 Å². The van der Waals surface area contributed by atoms with Gasteiger partial charge in [0.2, 0.25) is 0 Å². The molecule has 2 aliphatic carbocycles. The lowest BCUT2D eigenvalue weighted by atomic mass is 9.79. The van der Waals surface area contributed by atoms with E-state index in [0.717, 1.165) is 12.8 Å². The highest BCUT2D eigenvalue weighted by Gasteiger charge is 2.41. The van der Waals surface area contributed by atoms with Gasteiger partial charge in [0.25, 0.3) is 0 Å². The summed E-state index contributed by atoms with van der Waals surface area (Å²) < 4.78 is 0. The summed E-state index contributed by atoms with van der Waals surface area (Å²) in [6.45, 7) is 0.